The summed E-state index contributed by atoms with van der Waals surface area (Å²) in [5.74, 6) is 0. The SMILES string of the molecule is C=CC(C)(C)[N+](Cl)(Cl)Cc1ccccc1.[Cl-]. The summed E-state index contributed by atoms with van der Waals surface area (Å²) in [5.41, 5.74) is 0.733. The lowest BCUT2D eigenvalue weighted by Gasteiger charge is -2.33. The van der Waals surface area contributed by atoms with Gasteiger partial charge in [0.1, 0.15) is 12.1 Å². The Hall–Kier alpha value is -0.210. The van der Waals surface area contributed by atoms with Crippen molar-refractivity contribution in [2.75, 3.05) is 0 Å². The number of quaternary nitrogens is 1. The Kier molecular flexibility index (Phi) is 5.85. The van der Waals surface area contributed by atoms with Crippen LogP contribution in [0.4, 0.5) is 0 Å². The highest BCUT2D eigenvalue weighted by molar-refractivity contribution is 6.23. The summed E-state index contributed by atoms with van der Waals surface area (Å²) in [6.07, 6.45) is 1.77. The minimum atomic E-state index is -0.376. The van der Waals surface area contributed by atoms with Gasteiger partial charge in [-0.3, -0.25) is 0 Å². The second kappa shape index (κ2) is 5.92. The lowest BCUT2D eigenvalue weighted by atomic mass is 10.1. The normalized spacial score (nSPS) is 11.8. The van der Waals surface area contributed by atoms with E-state index in [1.54, 1.807) is 6.08 Å². The molecule has 1 nitrogen and oxygen atoms in total. The molecule has 1 aromatic rings. The van der Waals surface area contributed by atoms with Crippen LogP contribution in [-0.2, 0) is 6.54 Å². The first-order valence-electron chi connectivity index (χ1n) is 4.84. The predicted octanol–water partition coefficient (Wildman–Crippen LogP) is 1.28. The number of rotatable bonds is 4. The molecule has 0 bridgehead atoms. The summed E-state index contributed by atoms with van der Waals surface area (Å²) < 4.78 is -0.138. The second-order valence-corrected chi connectivity index (χ2v) is 5.46. The number of halogens is 3. The van der Waals surface area contributed by atoms with E-state index >= 15 is 0 Å². The highest BCUT2D eigenvalue weighted by atomic mass is 35.5. The van der Waals surface area contributed by atoms with E-state index in [1.165, 1.54) is 0 Å². The van der Waals surface area contributed by atoms with Gasteiger partial charge in [0.2, 0.25) is 0 Å². The van der Waals surface area contributed by atoms with Crippen molar-refractivity contribution in [2.24, 2.45) is 0 Å². The van der Waals surface area contributed by atoms with Crippen LogP contribution >= 0.6 is 23.6 Å². The lowest BCUT2D eigenvalue weighted by molar-refractivity contribution is -0.756. The van der Waals surface area contributed by atoms with E-state index in [2.05, 4.69) is 6.58 Å². The molecule has 0 heterocycles. The van der Waals surface area contributed by atoms with E-state index in [0.717, 1.165) is 5.56 Å². The summed E-state index contributed by atoms with van der Waals surface area (Å²) >= 11 is 12.6. The topological polar surface area (TPSA) is 0 Å². The maximum Gasteiger partial charge on any atom is 0.187 e. The molecule has 0 aromatic heterocycles. The summed E-state index contributed by atoms with van der Waals surface area (Å²) in [7, 11) is 0. The molecule has 0 aliphatic heterocycles. The maximum atomic E-state index is 6.29. The van der Waals surface area contributed by atoms with E-state index in [-0.39, 0.29) is 21.5 Å². The smallest absolute Gasteiger partial charge is 0.187 e. The van der Waals surface area contributed by atoms with Crippen LogP contribution in [-0.4, -0.2) is 9.06 Å². The zero-order valence-electron chi connectivity index (χ0n) is 9.46. The molecule has 0 fully saturated rings. The zero-order chi connectivity index (χ0) is 11.5. The summed E-state index contributed by atoms with van der Waals surface area (Å²) in [4.78, 5) is 0. The molecule has 0 atom stereocenters. The molecule has 0 unspecified atom stereocenters. The van der Waals surface area contributed by atoms with Gasteiger partial charge < -0.3 is 12.4 Å². The first-order chi connectivity index (χ1) is 6.89. The maximum absolute atomic E-state index is 6.29. The van der Waals surface area contributed by atoms with Gasteiger partial charge in [-0.15, -0.1) is 3.52 Å². The average Bonchev–Trinajstić information content (AvgIpc) is 2.18. The van der Waals surface area contributed by atoms with Crippen molar-refractivity contribution in [1.29, 1.82) is 0 Å². The Morgan fingerprint density at radius 1 is 1.25 bits per heavy atom. The molecule has 0 spiro atoms. The standard InChI is InChI=1S/C12H16Cl2N.ClH/c1-4-12(2,3)15(13,14)10-11-8-6-5-7-9-11;/h4-9H,1,10H2,2-3H3;1H/q+1;/p-1. The highest BCUT2D eigenvalue weighted by Gasteiger charge is 2.41. The Balaban J connectivity index is 0.00000225. The van der Waals surface area contributed by atoms with Crippen molar-refractivity contribution in [3.8, 4) is 0 Å². The fourth-order valence-corrected chi connectivity index (χ4v) is 1.56. The van der Waals surface area contributed by atoms with Gasteiger partial charge in [0.25, 0.3) is 0 Å². The predicted molar refractivity (Wildman–Crippen MR) is 66.4 cm³/mol. The third kappa shape index (κ3) is 3.67. The van der Waals surface area contributed by atoms with E-state index in [4.69, 9.17) is 23.6 Å². The molecule has 0 amide bonds. The molecule has 0 radical (unpaired) electrons. The number of benzene rings is 1. The highest BCUT2D eigenvalue weighted by Crippen LogP contribution is 2.35. The van der Waals surface area contributed by atoms with Gasteiger partial charge in [-0.1, -0.05) is 36.9 Å². The molecule has 4 heteroatoms. The quantitative estimate of drug-likeness (QED) is 0.576. The van der Waals surface area contributed by atoms with Gasteiger partial charge >= 0.3 is 0 Å². The van der Waals surface area contributed by atoms with Gasteiger partial charge in [-0.05, 0) is 19.9 Å². The molecule has 0 N–H and O–H groups in total. The van der Waals surface area contributed by atoms with Crippen molar-refractivity contribution < 1.29 is 15.9 Å². The van der Waals surface area contributed by atoms with Crippen molar-refractivity contribution in [2.45, 2.75) is 25.9 Å². The van der Waals surface area contributed by atoms with Crippen LogP contribution in [0.3, 0.4) is 0 Å². The fraction of sp³-hybridized carbons (Fsp3) is 0.333. The van der Waals surface area contributed by atoms with Gasteiger partial charge in [-0.25, -0.2) is 0 Å². The minimum absolute atomic E-state index is 0. The first kappa shape index (κ1) is 15.8. The van der Waals surface area contributed by atoms with Crippen LogP contribution in [0.2, 0.25) is 0 Å². The van der Waals surface area contributed by atoms with E-state index < -0.39 is 0 Å². The van der Waals surface area contributed by atoms with Crippen LogP contribution in [0.1, 0.15) is 19.4 Å². The van der Waals surface area contributed by atoms with Gasteiger partial charge in [0, 0.05) is 5.56 Å². The van der Waals surface area contributed by atoms with Gasteiger partial charge in [0.05, 0.1) is 0 Å². The Bertz CT molecular complexity index is 333. The van der Waals surface area contributed by atoms with Crippen molar-refractivity contribution in [3.63, 3.8) is 0 Å². The molecule has 0 aliphatic rings. The third-order valence-corrected chi connectivity index (χ3v) is 3.68. The fourth-order valence-electron chi connectivity index (χ4n) is 1.15. The van der Waals surface area contributed by atoms with E-state index in [1.807, 2.05) is 44.2 Å². The summed E-state index contributed by atoms with van der Waals surface area (Å²) in [6.45, 7) is 8.24. The van der Waals surface area contributed by atoms with Crippen molar-refractivity contribution >= 4 is 23.6 Å². The van der Waals surface area contributed by atoms with Crippen LogP contribution < -0.4 is 12.4 Å². The molecule has 90 valence electrons. The van der Waals surface area contributed by atoms with Crippen molar-refractivity contribution in [3.05, 3.63) is 48.6 Å². The van der Waals surface area contributed by atoms with E-state index in [9.17, 15) is 0 Å². The number of hydrogen-bond donors (Lipinski definition) is 0. The Labute approximate surface area is 114 Å². The van der Waals surface area contributed by atoms with Crippen LogP contribution in [0.15, 0.2) is 43.0 Å². The largest absolute Gasteiger partial charge is 1.00 e. The lowest BCUT2D eigenvalue weighted by Crippen LogP contribution is -3.00. The summed E-state index contributed by atoms with van der Waals surface area (Å²) in [5, 5.41) is 0. The van der Waals surface area contributed by atoms with Crippen LogP contribution in [0.25, 0.3) is 0 Å². The van der Waals surface area contributed by atoms with Gasteiger partial charge in [0.15, 0.2) is 23.6 Å². The molecule has 16 heavy (non-hydrogen) atoms. The summed E-state index contributed by atoms with van der Waals surface area (Å²) in [6, 6.07) is 9.95. The molecule has 1 aromatic carbocycles. The van der Waals surface area contributed by atoms with E-state index in [0.29, 0.717) is 6.54 Å². The average molecular weight is 281 g/mol. The second-order valence-electron chi connectivity index (χ2n) is 4.13. The first-order valence-corrected chi connectivity index (χ1v) is 5.52. The van der Waals surface area contributed by atoms with Gasteiger partial charge in [-0.2, -0.15) is 0 Å². The molecule has 0 saturated heterocycles. The van der Waals surface area contributed by atoms with Crippen molar-refractivity contribution in [1.82, 2.24) is 0 Å². The molecule has 1 rings (SSSR count). The number of hydrogen-bond acceptors (Lipinski definition) is 0. The molecular formula is C12H16Cl3N. The molecule has 0 aliphatic carbocycles. The van der Waals surface area contributed by atoms with Crippen LogP contribution in [0.5, 0.6) is 0 Å². The Morgan fingerprint density at radius 2 is 1.75 bits per heavy atom. The zero-order valence-corrected chi connectivity index (χ0v) is 11.7. The third-order valence-electron chi connectivity index (χ3n) is 2.57. The van der Waals surface area contributed by atoms with Crippen LogP contribution in [0, 0.1) is 0 Å². The Morgan fingerprint density at radius 3 is 2.19 bits per heavy atom. The monoisotopic (exact) mass is 279 g/mol. The number of nitrogens with zero attached hydrogens (tertiary/aromatic N) is 1. The molecular weight excluding hydrogens is 264 g/mol. The molecule has 0 saturated carbocycles. The minimum Gasteiger partial charge on any atom is -1.00 e.